The van der Waals surface area contributed by atoms with Gasteiger partial charge in [0.15, 0.2) is 6.10 Å². The Morgan fingerprint density at radius 2 is 1.59 bits per heavy atom. The van der Waals surface area contributed by atoms with E-state index in [0.717, 1.165) is 0 Å². The molecular formula is C17H10F3N3O4. The van der Waals surface area contributed by atoms with Gasteiger partial charge in [0.25, 0.3) is 0 Å². The lowest BCUT2D eigenvalue weighted by molar-refractivity contribution is -0.156. The van der Waals surface area contributed by atoms with Crippen LogP contribution < -0.4 is 10.1 Å². The largest absolute Gasteiger partial charge is 0.470 e. The molecule has 0 atom stereocenters. The molecule has 138 valence electrons. The molecule has 1 amide bonds. The standard InChI is InChI=1S/C17H10F3N3O4/c18-17(19,20)14-22-23-15(27-14)21-16(24)26-13-9-5-1-3-7-11(9)25-12-8-4-2-6-10(12)13/h1-8,13H,(H,21,23,24). The second-order valence-electron chi connectivity index (χ2n) is 5.50. The minimum atomic E-state index is -4.81. The van der Waals surface area contributed by atoms with Gasteiger partial charge in [-0.05, 0) is 12.1 Å². The van der Waals surface area contributed by atoms with E-state index in [1.165, 1.54) is 0 Å². The fourth-order valence-electron chi connectivity index (χ4n) is 2.61. The first-order valence-electron chi connectivity index (χ1n) is 7.66. The predicted molar refractivity (Wildman–Crippen MR) is 84.2 cm³/mol. The number of fused-ring (bicyclic) bond motifs is 2. The van der Waals surface area contributed by atoms with E-state index in [2.05, 4.69) is 14.6 Å². The number of ether oxygens (including phenoxy) is 2. The van der Waals surface area contributed by atoms with Crippen LogP contribution in [0.3, 0.4) is 0 Å². The first-order valence-corrected chi connectivity index (χ1v) is 7.66. The van der Waals surface area contributed by atoms with Gasteiger partial charge >= 0.3 is 24.2 Å². The van der Waals surface area contributed by atoms with E-state index in [1.807, 2.05) is 5.32 Å². The third-order valence-electron chi connectivity index (χ3n) is 3.72. The van der Waals surface area contributed by atoms with Crippen LogP contribution in [-0.4, -0.2) is 16.3 Å². The number of carbonyl (C=O) groups is 1. The quantitative estimate of drug-likeness (QED) is 0.706. The Balaban J connectivity index is 1.57. The van der Waals surface area contributed by atoms with E-state index in [4.69, 9.17) is 9.47 Å². The third kappa shape index (κ3) is 3.28. The van der Waals surface area contributed by atoms with Gasteiger partial charge < -0.3 is 13.9 Å². The number of aromatic nitrogens is 2. The number of hydrogen-bond acceptors (Lipinski definition) is 6. The first kappa shape index (κ1) is 16.9. The number of hydrogen-bond donors (Lipinski definition) is 1. The lowest BCUT2D eigenvalue weighted by Gasteiger charge is -2.27. The summed E-state index contributed by atoms with van der Waals surface area (Å²) in [7, 11) is 0. The van der Waals surface area contributed by atoms with Crippen molar-refractivity contribution < 1.29 is 31.9 Å². The van der Waals surface area contributed by atoms with Crippen LogP contribution in [0.5, 0.6) is 11.5 Å². The highest BCUT2D eigenvalue weighted by atomic mass is 19.4. The van der Waals surface area contributed by atoms with Crippen molar-refractivity contribution in [2.75, 3.05) is 5.32 Å². The molecule has 2 aromatic carbocycles. The number of anilines is 1. The van der Waals surface area contributed by atoms with Gasteiger partial charge in [-0.25, -0.2) is 10.1 Å². The molecule has 0 radical (unpaired) electrons. The van der Waals surface area contributed by atoms with Gasteiger partial charge in [-0.1, -0.05) is 41.5 Å². The molecule has 1 aromatic heterocycles. The van der Waals surface area contributed by atoms with Crippen LogP contribution >= 0.6 is 0 Å². The average molecular weight is 377 g/mol. The van der Waals surface area contributed by atoms with Gasteiger partial charge in [-0.2, -0.15) is 13.2 Å². The predicted octanol–water partition coefficient (Wildman–Crippen LogP) is 4.53. The van der Waals surface area contributed by atoms with Crippen molar-refractivity contribution in [3.8, 4) is 11.5 Å². The monoisotopic (exact) mass is 377 g/mol. The van der Waals surface area contributed by atoms with E-state index in [-0.39, 0.29) is 0 Å². The zero-order valence-corrected chi connectivity index (χ0v) is 13.4. The molecule has 1 N–H and O–H groups in total. The Bertz CT molecular complexity index is 957. The van der Waals surface area contributed by atoms with Crippen LogP contribution in [0.25, 0.3) is 0 Å². The summed E-state index contributed by atoms with van der Waals surface area (Å²) in [5.74, 6) is -0.558. The second kappa shape index (κ2) is 6.31. The van der Waals surface area contributed by atoms with Crippen molar-refractivity contribution in [1.82, 2.24) is 10.2 Å². The molecular weight excluding hydrogens is 367 g/mol. The summed E-state index contributed by atoms with van der Waals surface area (Å²) in [6, 6.07) is 13.2. The summed E-state index contributed by atoms with van der Waals surface area (Å²) >= 11 is 0. The number of para-hydroxylation sites is 2. The number of benzene rings is 2. The highest BCUT2D eigenvalue weighted by Gasteiger charge is 2.38. The summed E-state index contributed by atoms with van der Waals surface area (Å²) in [6.07, 6.45) is -6.69. The Hall–Kier alpha value is -3.56. The lowest BCUT2D eigenvalue weighted by Crippen LogP contribution is -2.21. The number of nitrogens with zero attached hydrogens (tertiary/aromatic N) is 2. The van der Waals surface area contributed by atoms with Gasteiger partial charge in [0.1, 0.15) is 11.5 Å². The Morgan fingerprint density at radius 1 is 1.00 bits per heavy atom. The average Bonchev–Trinajstić information content (AvgIpc) is 3.10. The SMILES string of the molecule is O=C(Nc1nnc(C(F)(F)F)o1)OC1c2ccccc2Oc2ccccc21. The maximum Gasteiger partial charge on any atom is 0.470 e. The van der Waals surface area contributed by atoms with Crippen molar-refractivity contribution >= 4 is 12.1 Å². The summed E-state index contributed by atoms with van der Waals surface area (Å²) in [4.78, 5) is 12.2. The van der Waals surface area contributed by atoms with Gasteiger partial charge in [0, 0.05) is 11.1 Å². The molecule has 1 aliphatic rings. The van der Waals surface area contributed by atoms with Crippen molar-refractivity contribution in [3.63, 3.8) is 0 Å². The number of halogens is 3. The van der Waals surface area contributed by atoms with Crippen molar-refractivity contribution in [1.29, 1.82) is 0 Å². The van der Waals surface area contributed by atoms with E-state index in [1.54, 1.807) is 48.5 Å². The minimum absolute atomic E-state index is 0.506. The molecule has 0 unspecified atom stereocenters. The van der Waals surface area contributed by atoms with Crippen LogP contribution in [0.15, 0.2) is 52.9 Å². The minimum Gasteiger partial charge on any atom is -0.456 e. The van der Waals surface area contributed by atoms with E-state index >= 15 is 0 Å². The van der Waals surface area contributed by atoms with Crippen LogP contribution in [0.1, 0.15) is 23.1 Å². The molecule has 0 saturated heterocycles. The van der Waals surface area contributed by atoms with Gasteiger partial charge in [-0.15, -0.1) is 5.10 Å². The fourth-order valence-corrected chi connectivity index (χ4v) is 2.61. The highest BCUT2D eigenvalue weighted by Crippen LogP contribution is 2.44. The summed E-state index contributed by atoms with van der Waals surface area (Å²) < 4.78 is 53.0. The maximum absolute atomic E-state index is 12.5. The second-order valence-corrected chi connectivity index (χ2v) is 5.50. The topological polar surface area (TPSA) is 86.5 Å². The summed E-state index contributed by atoms with van der Waals surface area (Å²) in [5.41, 5.74) is 1.18. The molecule has 3 aromatic rings. The maximum atomic E-state index is 12.5. The lowest BCUT2D eigenvalue weighted by atomic mass is 9.97. The molecule has 10 heteroatoms. The van der Waals surface area contributed by atoms with E-state index in [9.17, 15) is 18.0 Å². The van der Waals surface area contributed by atoms with Crippen molar-refractivity contribution in [2.45, 2.75) is 12.3 Å². The van der Waals surface area contributed by atoms with Crippen LogP contribution in [-0.2, 0) is 10.9 Å². The molecule has 1 aliphatic heterocycles. The van der Waals surface area contributed by atoms with E-state index < -0.39 is 30.3 Å². The van der Waals surface area contributed by atoms with Crippen molar-refractivity contribution in [3.05, 3.63) is 65.5 Å². The van der Waals surface area contributed by atoms with Gasteiger partial charge in [0.05, 0.1) is 0 Å². The number of rotatable bonds is 2. The Morgan fingerprint density at radius 3 is 2.15 bits per heavy atom. The molecule has 0 fully saturated rings. The number of alkyl halides is 3. The molecule has 7 nitrogen and oxygen atoms in total. The van der Waals surface area contributed by atoms with Gasteiger partial charge in [0.2, 0.25) is 0 Å². The molecule has 2 heterocycles. The summed E-state index contributed by atoms with van der Waals surface area (Å²) in [5, 5.41) is 7.96. The zero-order valence-electron chi connectivity index (χ0n) is 13.4. The molecule has 0 aliphatic carbocycles. The Kier molecular flexibility index (Phi) is 3.94. The zero-order chi connectivity index (χ0) is 19.0. The Labute approximate surface area is 149 Å². The molecule has 0 spiro atoms. The molecule has 27 heavy (non-hydrogen) atoms. The summed E-state index contributed by atoms with van der Waals surface area (Å²) in [6.45, 7) is 0. The number of amides is 1. The van der Waals surface area contributed by atoms with Crippen LogP contribution in [0, 0.1) is 0 Å². The third-order valence-corrected chi connectivity index (χ3v) is 3.72. The normalized spacial score (nSPS) is 13.3. The molecule has 4 rings (SSSR count). The molecule has 0 bridgehead atoms. The highest BCUT2D eigenvalue weighted by molar-refractivity contribution is 5.82. The van der Waals surface area contributed by atoms with E-state index in [0.29, 0.717) is 22.6 Å². The van der Waals surface area contributed by atoms with Crippen LogP contribution in [0.2, 0.25) is 0 Å². The number of nitrogens with one attached hydrogen (secondary N) is 1. The van der Waals surface area contributed by atoms with Crippen LogP contribution in [0.4, 0.5) is 24.0 Å². The first-order chi connectivity index (χ1) is 12.9. The molecule has 0 saturated carbocycles. The number of carbonyl (C=O) groups excluding carboxylic acids is 1. The smallest absolute Gasteiger partial charge is 0.456 e. The van der Waals surface area contributed by atoms with Crippen molar-refractivity contribution in [2.24, 2.45) is 0 Å². The fraction of sp³-hybridized carbons (Fsp3) is 0.118. The van der Waals surface area contributed by atoms with Gasteiger partial charge in [-0.3, -0.25) is 0 Å².